The lowest BCUT2D eigenvalue weighted by Crippen LogP contribution is -2.21. The van der Waals surface area contributed by atoms with Gasteiger partial charge in [-0.25, -0.2) is 4.79 Å². The number of alkyl halides is 3. The molecule has 3 aromatic carbocycles. The number of halogens is 3. The number of hydrogen-bond acceptors (Lipinski definition) is 5. The first-order valence-corrected chi connectivity index (χ1v) is 8.24. The van der Waals surface area contributed by atoms with Crippen molar-refractivity contribution >= 4 is 28.3 Å². The highest BCUT2D eigenvalue weighted by Crippen LogP contribution is 2.35. The number of ether oxygens (including phenoxy) is 1. The number of carbonyl (C=O) groups is 2. The lowest BCUT2D eigenvalue weighted by Gasteiger charge is -2.11. The molecule has 0 aliphatic heterocycles. The number of rotatable bonds is 4. The van der Waals surface area contributed by atoms with E-state index in [9.17, 15) is 33.0 Å². The van der Waals surface area contributed by atoms with Crippen molar-refractivity contribution in [2.24, 2.45) is 0 Å². The van der Waals surface area contributed by atoms with Crippen LogP contribution in [-0.2, 0) is 15.7 Å². The summed E-state index contributed by atoms with van der Waals surface area (Å²) in [5.41, 5.74) is -1.41. The lowest BCUT2D eigenvalue weighted by molar-refractivity contribution is -0.137. The van der Waals surface area contributed by atoms with Crippen molar-refractivity contribution in [1.82, 2.24) is 0 Å². The largest absolute Gasteiger partial charge is 0.507 e. The minimum atomic E-state index is -4.57. The van der Waals surface area contributed by atoms with Gasteiger partial charge in [-0.2, -0.15) is 13.2 Å². The van der Waals surface area contributed by atoms with Crippen molar-refractivity contribution in [3.63, 3.8) is 0 Å². The number of hydrogen-bond donors (Lipinski definition) is 3. The van der Waals surface area contributed by atoms with Gasteiger partial charge in [-0.05, 0) is 24.3 Å². The number of esters is 1. The third kappa shape index (κ3) is 4.40. The van der Waals surface area contributed by atoms with Crippen molar-refractivity contribution < 1.29 is 37.7 Å². The van der Waals surface area contributed by atoms with E-state index in [1.807, 2.05) is 0 Å². The van der Waals surface area contributed by atoms with Crippen LogP contribution in [0, 0.1) is 0 Å². The van der Waals surface area contributed by atoms with Gasteiger partial charge in [0.05, 0.1) is 5.56 Å². The molecule has 29 heavy (non-hydrogen) atoms. The van der Waals surface area contributed by atoms with E-state index in [0.717, 1.165) is 24.3 Å². The van der Waals surface area contributed by atoms with Gasteiger partial charge in [0.15, 0.2) is 6.61 Å². The molecule has 3 rings (SSSR count). The molecule has 0 aliphatic carbocycles. The Morgan fingerprint density at radius 3 is 2.34 bits per heavy atom. The van der Waals surface area contributed by atoms with Crippen LogP contribution in [0.2, 0.25) is 0 Å². The number of benzene rings is 3. The normalized spacial score (nSPS) is 11.3. The predicted molar refractivity (Wildman–Crippen MR) is 97.6 cm³/mol. The maximum Gasteiger partial charge on any atom is 0.416 e. The quantitative estimate of drug-likeness (QED) is 0.449. The zero-order valence-corrected chi connectivity index (χ0v) is 14.7. The molecule has 9 heteroatoms. The highest BCUT2D eigenvalue weighted by Gasteiger charge is 2.30. The Balaban J connectivity index is 1.69. The number of fused-ring (bicyclic) bond motifs is 1. The number of aromatic hydroxyl groups is 2. The van der Waals surface area contributed by atoms with Gasteiger partial charge in [-0.3, -0.25) is 4.79 Å². The fraction of sp³-hybridized carbons (Fsp3) is 0.100. The Morgan fingerprint density at radius 2 is 1.66 bits per heavy atom. The second-order valence-corrected chi connectivity index (χ2v) is 6.04. The van der Waals surface area contributed by atoms with Crippen LogP contribution >= 0.6 is 0 Å². The van der Waals surface area contributed by atoms with E-state index in [1.165, 1.54) is 12.1 Å². The molecule has 0 bridgehead atoms. The fourth-order valence-electron chi connectivity index (χ4n) is 2.68. The van der Waals surface area contributed by atoms with E-state index in [0.29, 0.717) is 5.39 Å². The van der Waals surface area contributed by atoms with E-state index >= 15 is 0 Å². The van der Waals surface area contributed by atoms with Gasteiger partial charge in [-0.15, -0.1) is 0 Å². The van der Waals surface area contributed by atoms with Crippen LogP contribution in [0.5, 0.6) is 11.5 Å². The lowest BCUT2D eigenvalue weighted by atomic mass is 10.0. The van der Waals surface area contributed by atoms with Crippen molar-refractivity contribution in [2.75, 3.05) is 11.9 Å². The molecule has 0 unspecified atom stereocenters. The van der Waals surface area contributed by atoms with Crippen LogP contribution in [0.25, 0.3) is 10.8 Å². The van der Waals surface area contributed by atoms with Crippen LogP contribution in [-0.4, -0.2) is 28.7 Å². The molecule has 1 amide bonds. The summed E-state index contributed by atoms with van der Waals surface area (Å²) in [5, 5.41) is 23.0. The first kappa shape index (κ1) is 20.0. The standard InChI is InChI=1S/C20H14F3NO5/c21-20(22,23)11-4-3-5-12(8-11)24-17(26)10-29-19(28)15-9-16(25)13-6-1-2-7-14(13)18(15)27/h1-9,25,27H,10H2,(H,24,26). The molecular formula is C20H14F3NO5. The van der Waals surface area contributed by atoms with Gasteiger partial charge in [-0.1, -0.05) is 30.3 Å². The zero-order valence-electron chi connectivity index (χ0n) is 14.7. The Bertz CT molecular complexity index is 1100. The summed E-state index contributed by atoms with van der Waals surface area (Å²) < 4.78 is 42.9. The molecule has 0 fully saturated rings. The number of amides is 1. The Kier molecular flexibility index (Phi) is 5.31. The monoisotopic (exact) mass is 405 g/mol. The molecular weight excluding hydrogens is 391 g/mol. The predicted octanol–water partition coefficient (Wildman–Crippen LogP) is 4.07. The van der Waals surface area contributed by atoms with Gasteiger partial charge in [0.25, 0.3) is 5.91 Å². The van der Waals surface area contributed by atoms with E-state index in [4.69, 9.17) is 4.74 Å². The topological polar surface area (TPSA) is 95.9 Å². The van der Waals surface area contributed by atoms with E-state index in [1.54, 1.807) is 18.2 Å². The first-order valence-electron chi connectivity index (χ1n) is 8.24. The average molecular weight is 405 g/mol. The maximum absolute atomic E-state index is 12.7. The molecule has 0 spiro atoms. The zero-order chi connectivity index (χ0) is 21.2. The maximum atomic E-state index is 12.7. The molecule has 6 nitrogen and oxygen atoms in total. The summed E-state index contributed by atoms with van der Waals surface area (Å²) in [6.45, 7) is -0.803. The van der Waals surface area contributed by atoms with E-state index in [-0.39, 0.29) is 22.4 Å². The fourth-order valence-corrected chi connectivity index (χ4v) is 2.68. The molecule has 0 radical (unpaired) electrons. The van der Waals surface area contributed by atoms with Gasteiger partial charge in [0.2, 0.25) is 0 Å². The Hall–Kier alpha value is -3.75. The van der Waals surface area contributed by atoms with Crippen molar-refractivity contribution in [2.45, 2.75) is 6.18 Å². The van der Waals surface area contributed by atoms with Crippen LogP contribution in [0.15, 0.2) is 54.6 Å². The van der Waals surface area contributed by atoms with Gasteiger partial charge >= 0.3 is 12.1 Å². The highest BCUT2D eigenvalue weighted by atomic mass is 19.4. The molecule has 0 aromatic heterocycles. The third-order valence-corrected chi connectivity index (χ3v) is 4.02. The van der Waals surface area contributed by atoms with E-state index in [2.05, 4.69) is 5.32 Å². The average Bonchev–Trinajstić information content (AvgIpc) is 2.68. The Morgan fingerprint density at radius 1 is 0.966 bits per heavy atom. The van der Waals surface area contributed by atoms with Gasteiger partial charge in [0, 0.05) is 16.5 Å². The SMILES string of the molecule is O=C(COC(=O)c1cc(O)c2ccccc2c1O)Nc1cccc(C(F)(F)F)c1. The molecule has 0 saturated heterocycles. The molecule has 150 valence electrons. The van der Waals surface area contributed by atoms with Crippen LogP contribution in [0.1, 0.15) is 15.9 Å². The van der Waals surface area contributed by atoms with Crippen molar-refractivity contribution in [1.29, 1.82) is 0 Å². The minimum Gasteiger partial charge on any atom is -0.507 e. The number of carbonyl (C=O) groups excluding carboxylic acids is 2. The molecule has 3 N–H and O–H groups in total. The first-order chi connectivity index (χ1) is 13.7. The molecule has 0 heterocycles. The van der Waals surface area contributed by atoms with Gasteiger partial charge < -0.3 is 20.3 Å². The van der Waals surface area contributed by atoms with Crippen LogP contribution in [0.3, 0.4) is 0 Å². The number of nitrogens with one attached hydrogen (secondary N) is 1. The summed E-state index contributed by atoms with van der Waals surface area (Å²) in [4.78, 5) is 24.1. The summed E-state index contributed by atoms with van der Waals surface area (Å²) in [7, 11) is 0. The third-order valence-electron chi connectivity index (χ3n) is 4.02. The van der Waals surface area contributed by atoms with Gasteiger partial charge in [0.1, 0.15) is 17.1 Å². The summed E-state index contributed by atoms with van der Waals surface area (Å²) in [6, 6.07) is 11.2. The van der Waals surface area contributed by atoms with Crippen LogP contribution in [0.4, 0.5) is 18.9 Å². The smallest absolute Gasteiger partial charge is 0.416 e. The summed E-state index contributed by atoms with van der Waals surface area (Å²) in [5.74, 6) is -2.65. The van der Waals surface area contributed by atoms with Crippen LogP contribution < -0.4 is 5.32 Å². The Labute approximate surface area is 162 Å². The molecule has 0 aliphatic rings. The highest BCUT2D eigenvalue weighted by molar-refractivity contribution is 6.04. The number of phenolic OH excluding ortho intramolecular Hbond substituents is 2. The number of phenols is 2. The second kappa shape index (κ2) is 7.70. The van der Waals surface area contributed by atoms with Crippen molar-refractivity contribution in [3.05, 3.63) is 65.7 Å². The summed E-state index contributed by atoms with van der Waals surface area (Å²) in [6.07, 6.45) is -4.57. The second-order valence-electron chi connectivity index (χ2n) is 6.04. The molecule has 0 atom stereocenters. The molecule has 3 aromatic rings. The van der Waals surface area contributed by atoms with Crippen molar-refractivity contribution in [3.8, 4) is 11.5 Å². The summed E-state index contributed by atoms with van der Waals surface area (Å²) >= 11 is 0. The van der Waals surface area contributed by atoms with E-state index < -0.39 is 36.0 Å². The minimum absolute atomic E-state index is 0.118. The molecule has 0 saturated carbocycles. The number of anilines is 1.